The Morgan fingerprint density at radius 1 is 0.769 bits per heavy atom. The Balaban J connectivity index is 1.46. The van der Waals surface area contributed by atoms with E-state index in [-0.39, 0.29) is 5.78 Å². The maximum absolute atomic E-state index is 12.7. The van der Waals surface area contributed by atoms with Crippen LogP contribution in [0.15, 0.2) is 36.4 Å². The summed E-state index contributed by atoms with van der Waals surface area (Å²) in [5.74, 6) is -0.550. The normalized spacial score (nSPS) is 16.5. The number of carbonyl (C=O) groups is 2. The van der Waals surface area contributed by atoms with Crippen LogP contribution >= 0.6 is 0 Å². The summed E-state index contributed by atoms with van der Waals surface area (Å²) in [4.78, 5) is 25.2. The molecule has 2 aromatic carbocycles. The van der Waals surface area contributed by atoms with Gasteiger partial charge in [-0.2, -0.15) is 0 Å². The van der Waals surface area contributed by atoms with Gasteiger partial charge in [-0.05, 0) is 92.3 Å². The van der Waals surface area contributed by atoms with Crippen LogP contribution in [0.4, 0.5) is 0 Å². The predicted molar refractivity (Wildman–Crippen MR) is 101 cm³/mol. The van der Waals surface area contributed by atoms with E-state index in [1.165, 1.54) is 35.1 Å². The van der Waals surface area contributed by atoms with Crippen LogP contribution in [0.3, 0.4) is 0 Å². The molecular formula is C23H24O3. The van der Waals surface area contributed by atoms with Gasteiger partial charge in [-0.25, -0.2) is 4.79 Å². The molecule has 0 radical (unpaired) electrons. The maximum atomic E-state index is 12.7. The summed E-state index contributed by atoms with van der Waals surface area (Å²) in [6, 6.07) is 11.6. The van der Waals surface area contributed by atoms with Crippen molar-refractivity contribution < 1.29 is 14.3 Å². The zero-order valence-corrected chi connectivity index (χ0v) is 15.2. The zero-order chi connectivity index (χ0) is 18.1. The van der Waals surface area contributed by atoms with Crippen LogP contribution in [0.5, 0.6) is 0 Å². The number of hydrogen-bond acceptors (Lipinski definition) is 3. The molecule has 134 valence electrons. The number of ketones is 1. The highest BCUT2D eigenvalue weighted by Crippen LogP contribution is 2.25. The summed E-state index contributed by atoms with van der Waals surface area (Å²) in [5, 5.41) is 0. The molecule has 2 aromatic rings. The Kier molecular flexibility index (Phi) is 4.62. The molecule has 2 aliphatic carbocycles. The van der Waals surface area contributed by atoms with Gasteiger partial charge in [-0.3, -0.25) is 4.79 Å². The van der Waals surface area contributed by atoms with Gasteiger partial charge >= 0.3 is 5.97 Å². The van der Waals surface area contributed by atoms with E-state index in [0.29, 0.717) is 11.1 Å². The summed E-state index contributed by atoms with van der Waals surface area (Å²) in [5.41, 5.74) is 6.33. The fourth-order valence-electron chi connectivity index (χ4n) is 4.10. The minimum absolute atomic E-state index is 0.133. The van der Waals surface area contributed by atoms with Crippen molar-refractivity contribution in [2.24, 2.45) is 0 Å². The smallest absolute Gasteiger partial charge is 0.338 e. The fourth-order valence-corrected chi connectivity index (χ4v) is 4.10. The molecule has 3 heteroatoms. The number of esters is 1. The first kappa shape index (κ1) is 17.0. The lowest BCUT2D eigenvalue weighted by Gasteiger charge is -2.17. The van der Waals surface area contributed by atoms with E-state index >= 15 is 0 Å². The van der Waals surface area contributed by atoms with Crippen molar-refractivity contribution in [2.75, 3.05) is 0 Å². The van der Waals surface area contributed by atoms with Crippen LogP contribution in [-0.4, -0.2) is 17.9 Å². The number of rotatable bonds is 4. The molecule has 0 aliphatic heterocycles. The molecule has 0 N–H and O–H groups in total. The highest BCUT2D eigenvalue weighted by molar-refractivity contribution is 6.01. The third-order valence-corrected chi connectivity index (χ3v) is 5.62. The lowest BCUT2D eigenvalue weighted by Crippen LogP contribution is -2.24. The number of Topliss-reactive ketones (excluding diaryl/α,β-unsaturated/α-hetero) is 1. The van der Waals surface area contributed by atoms with Crippen LogP contribution < -0.4 is 0 Å². The second-order valence-electron chi connectivity index (χ2n) is 7.44. The lowest BCUT2D eigenvalue weighted by atomic mass is 9.90. The highest BCUT2D eigenvalue weighted by atomic mass is 16.5. The summed E-state index contributed by atoms with van der Waals surface area (Å²) in [6.45, 7) is 1.66. The fraction of sp³-hybridized carbons (Fsp3) is 0.391. The molecule has 0 heterocycles. The molecule has 0 amide bonds. The Labute approximate surface area is 154 Å². The molecule has 26 heavy (non-hydrogen) atoms. The van der Waals surface area contributed by atoms with Crippen LogP contribution in [0.2, 0.25) is 0 Å². The largest absolute Gasteiger partial charge is 0.451 e. The number of benzene rings is 2. The SMILES string of the molecule is C[C@H](OC(=O)c1ccc2c(c1)CCCC2)C(=O)c1ccc2c(c1)CCC2. The van der Waals surface area contributed by atoms with E-state index in [2.05, 4.69) is 0 Å². The summed E-state index contributed by atoms with van der Waals surface area (Å²) in [6.07, 6.45) is 6.96. The van der Waals surface area contributed by atoms with Gasteiger partial charge in [-0.15, -0.1) is 0 Å². The monoisotopic (exact) mass is 348 g/mol. The van der Waals surface area contributed by atoms with Gasteiger partial charge in [0, 0.05) is 5.56 Å². The van der Waals surface area contributed by atoms with Gasteiger partial charge < -0.3 is 4.74 Å². The minimum Gasteiger partial charge on any atom is -0.451 e. The topological polar surface area (TPSA) is 43.4 Å². The third-order valence-electron chi connectivity index (χ3n) is 5.62. The van der Waals surface area contributed by atoms with Crippen molar-refractivity contribution in [3.05, 3.63) is 69.8 Å². The summed E-state index contributed by atoms with van der Waals surface area (Å²) < 4.78 is 5.47. The van der Waals surface area contributed by atoms with Crippen LogP contribution in [0, 0.1) is 0 Å². The first-order valence-electron chi connectivity index (χ1n) is 9.60. The van der Waals surface area contributed by atoms with Crippen molar-refractivity contribution in [3.8, 4) is 0 Å². The molecule has 0 aromatic heterocycles. The lowest BCUT2D eigenvalue weighted by molar-refractivity contribution is 0.0318. The molecule has 2 aliphatic rings. The maximum Gasteiger partial charge on any atom is 0.338 e. The van der Waals surface area contributed by atoms with Gasteiger partial charge in [0.15, 0.2) is 6.10 Å². The second-order valence-corrected chi connectivity index (χ2v) is 7.44. The number of fused-ring (bicyclic) bond motifs is 2. The molecule has 3 nitrogen and oxygen atoms in total. The molecule has 0 fully saturated rings. The van der Waals surface area contributed by atoms with Crippen LogP contribution in [0.1, 0.15) is 69.2 Å². The van der Waals surface area contributed by atoms with Crippen molar-refractivity contribution >= 4 is 11.8 Å². The number of carbonyl (C=O) groups excluding carboxylic acids is 2. The van der Waals surface area contributed by atoms with Crippen molar-refractivity contribution in [2.45, 2.75) is 58.0 Å². The Morgan fingerprint density at radius 3 is 2.04 bits per heavy atom. The van der Waals surface area contributed by atoms with E-state index in [9.17, 15) is 9.59 Å². The van der Waals surface area contributed by atoms with Gasteiger partial charge in [-0.1, -0.05) is 18.2 Å². The molecule has 0 spiro atoms. The van der Waals surface area contributed by atoms with Crippen LogP contribution in [0.25, 0.3) is 0 Å². The Bertz CT molecular complexity index is 866. The number of aryl methyl sites for hydroxylation is 4. The number of hydrogen-bond donors (Lipinski definition) is 0. The van der Waals surface area contributed by atoms with Crippen molar-refractivity contribution in [1.82, 2.24) is 0 Å². The van der Waals surface area contributed by atoms with E-state index in [1.807, 2.05) is 36.4 Å². The second kappa shape index (κ2) is 7.06. The van der Waals surface area contributed by atoms with Gasteiger partial charge in [0.2, 0.25) is 5.78 Å². The molecule has 0 unspecified atom stereocenters. The standard InChI is InChI=1S/C23H24O3/c1-15(22(24)20-11-9-17-7-4-8-19(17)13-20)26-23(25)21-12-10-16-5-2-3-6-18(16)14-21/h9-15H,2-8H2,1H3/t15-/m0/s1. The van der Waals surface area contributed by atoms with Gasteiger partial charge in [0.25, 0.3) is 0 Å². The summed E-state index contributed by atoms with van der Waals surface area (Å²) in [7, 11) is 0. The summed E-state index contributed by atoms with van der Waals surface area (Å²) >= 11 is 0. The number of ether oxygens (including phenoxy) is 1. The molecular weight excluding hydrogens is 324 g/mol. The van der Waals surface area contributed by atoms with E-state index in [1.54, 1.807) is 6.92 Å². The van der Waals surface area contributed by atoms with E-state index in [0.717, 1.165) is 32.1 Å². The van der Waals surface area contributed by atoms with Crippen LogP contribution in [-0.2, 0) is 30.4 Å². The van der Waals surface area contributed by atoms with Crippen molar-refractivity contribution in [1.29, 1.82) is 0 Å². The highest BCUT2D eigenvalue weighted by Gasteiger charge is 2.23. The predicted octanol–water partition coefficient (Wildman–Crippen LogP) is 4.48. The average molecular weight is 348 g/mol. The zero-order valence-electron chi connectivity index (χ0n) is 15.2. The quantitative estimate of drug-likeness (QED) is 0.604. The Morgan fingerprint density at radius 2 is 1.31 bits per heavy atom. The van der Waals surface area contributed by atoms with E-state index in [4.69, 9.17) is 4.74 Å². The molecule has 0 saturated heterocycles. The molecule has 1 atom stereocenters. The first-order chi connectivity index (χ1) is 12.6. The molecule has 0 bridgehead atoms. The van der Waals surface area contributed by atoms with Gasteiger partial charge in [0.05, 0.1) is 5.56 Å². The minimum atomic E-state index is -0.780. The van der Waals surface area contributed by atoms with Crippen molar-refractivity contribution in [3.63, 3.8) is 0 Å². The average Bonchev–Trinajstić information content (AvgIpc) is 3.14. The molecule has 0 saturated carbocycles. The molecule has 4 rings (SSSR count). The van der Waals surface area contributed by atoms with Gasteiger partial charge in [0.1, 0.15) is 0 Å². The third kappa shape index (κ3) is 3.31. The Hall–Kier alpha value is -2.42. The first-order valence-corrected chi connectivity index (χ1v) is 9.60. The van der Waals surface area contributed by atoms with E-state index < -0.39 is 12.1 Å².